The number of rotatable bonds is 2. The lowest BCUT2D eigenvalue weighted by atomic mass is 10.2. The molecule has 0 radical (unpaired) electrons. The number of ether oxygens (including phenoxy) is 1. The van der Waals surface area contributed by atoms with Gasteiger partial charge in [0.25, 0.3) is 0 Å². The summed E-state index contributed by atoms with van der Waals surface area (Å²) in [5.41, 5.74) is 6.43. The molecule has 7 heteroatoms. The van der Waals surface area contributed by atoms with Crippen LogP contribution in [-0.2, 0) is 9.84 Å². The summed E-state index contributed by atoms with van der Waals surface area (Å²) in [4.78, 5) is 6.21. The van der Waals surface area contributed by atoms with Crippen molar-refractivity contribution in [3.63, 3.8) is 0 Å². The number of anilines is 2. The standard InChI is InChI=1S/C11H17N3O3S/c1-8-7-18(15,16)6-5-14(8)11-9(12)3-4-10(13-11)17-2/h3-4,8H,5-7,12H2,1-2H3. The van der Waals surface area contributed by atoms with E-state index in [1.807, 2.05) is 11.8 Å². The summed E-state index contributed by atoms with van der Waals surface area (Å²) in [7, 11) is -1.41. The van der Waals surface area contributed by atoms with E-state index < -0.39 is 9.84 Å². The van der Waals surface area contributed by atoms with E-state index in [0.29, 0.717) is 23.9 Å². The van der Waals surface area contributed by atoms with Gasteiger partial charge in [0.1, 0.15) is 0 Å². The van der Waals surface area contributed by atoms with Crippen molar-refractivity contribution in [2.45, 2.75) is 13.0 Å². The first-order valence-corrected chi connectivity index (χ1v) is 7.52. The maximum Gasteiger partial charge on any atom is 0.215 e. The molecule has 2 rings (SSSR count). The van der Waals surface area contributed by atoms with Gasteiger partial charge in [-0.05, 0) is 13.0 Å². The Balaban J connectivity index is 2.32. The van der Waals surface area contributed by atoms with Gasteiger partial charge in [-0.2, -0.15) is 4.98 Å². The molecule has 1 aliphatic heterocycles. The zero-order valence-electron chi connectivity index (χ0n) is 10.5. The van der Waals surface area contributed by atoms with E-state index in [2.05, 4.69) is 4.98 Å². The average Bonchev–Trinajstić information content (AvgIpc) is 2.29. The van der Waals surface area contributed by atoms with E-state index in [1.165, 1.54) is 7.11 Å². The fourth-order valence-corrected chi connectivity index (χ4v) is 3.66. The monoisotopic (exact) mass is 271 g/mol. The first-order valence-electron chi connectivity index (χ1n) is 5.70. The molecule has 6 nitrogen and oxygen atoms in total. The lowest BCUT2D eigenvalue weighted by Crippen LogP contribution is -2.47. The number of nitrogens with two attached hydrogens (primary N) is 1. The van der Waals surface area contributed by atoms with E-state index in [-0.39, 0.29) is 17.5 Å². The van der Waals surface area contributed by atoms with Gasteiger partial charge in [0.2, 0.25) is 5.88 Å². The Kier molecular flexibility index (Phi) is 3.34. The van der Waals surface area contributed by atoms with Gasteiger partial charge >= 0.3 is 0 Å². The van der Waals surface area contributed by atoms with Crippen LogP contribution in [0.4, 0.5) is 11.5 Å². The molecule has 1 aliphatic rings. The third-order valence-electron chi connectivity index (χ3n) is 3.03. The Morgan fingerprint density at radius 2 is 2.22 bits per heavy atom. The molecule has 1 unspecified atom stereocenters. The van der Waals surface area contributed by atoms with Crippen LogP contribution >= 0.6 is 0 Å². The van der Waals surface area contributed by atoms with Crippen molar-refractivity contribution in [3.8, 4) is 5.88 Å². The molecular formula is C11H17N3O3S. The second kappa shape index (κ2) is 4.64. The molecule has 1 fully saturated rings. The van der Waals surface area contributed by atoms with Gasteiger partial charge in [-0.3, -0.25) is 0 Å². The highest BCUT2D eigenvalue weighted by atomic mass is 32.2. The third kappa shape index (κ3) is 2.50. The first-order chi connectivity index (χ1) is 8.43. The quantitative estimate of drug-likeness (QED) is 0.832. The Morgan fingerprint density at radius 3 is 2.83 bits per heavy atom. The van der Waals surface area contributed by atoms with Gasteiger partial charge in [0, 0.05) is 18.7 Å². The molecule has 0 saturated carbocycles. The molecule has 100 valence electrons. The highest BCUT2D eigenvalue weighted by molar-refractivity contribution is 7.91. The van der Waals surface area contributed by atoms with E-state index in [4.69, 9.17) is 10.5 Å². The normalized spacial score (nSPS) is 22.8. The molecule has 0 spiro atoms. The smallest absolute Gasteiger partial charge is 0.215 e. The number of nitrogen functional groups attached to an aromatic ring is 1. The van der Waals surface area contributed by atoms with Crippen molar-refractivity contribution in [1.29, 1.82) is 0 Å². The maximum absolute atomic E-state index is 11.5. The molecular weight excluding hydrogens is 254 g/mol. The van der Waals surface area contributed by atoms with Gasteiger partial charge in [0.15, 0.2) is 15.7 Å². The second-order valence-electron chi connectivity index (χ2n) is 4.42. The highest BCUT2D eigenvalue weighted by Crippen LogP contribution is 2.27. The van der Waals surface area contributed by atoms with Crippen molar-refractivity contribution in [2.24, 2.45) is 0 Å². The van der Waals surface area contributed by atoms with Gasteiger partial charge in [-0.15, -0.1) is 0 Å². The van der Waals surface area contributed by atoms with Crippen LogP contribution in [0.15, 0.2) is 12.1 Å². The van der Waals surface area contributed by atoms with Crippen LogP contribution in [0.25, 0.3) is 0 Å². The summed E-state index contributed by atoms with van der Waals surface area (Å²) < 4.78 is 28.2. The van der Waals surface area contributed by atoms with E-state index >= 15 is 0 Å². The van der Waals surface area contributed by atoms with Gasteiger partial charge in [0.05, 0.1) is 24.3 Å². The van der Waals surface area contributed by atoms with Crippen LogP contribution in [0.5, 0.6) is 5.88 Å². The molecule has 1 aromatic heterocycles. The number of sulfone groups is 1. The van der Waals surface area contributed by atoms with Crippen molar-refractivity contribution < 1.29 is 13.2 Å². The van der Waals surface area contributed by atoms with E-state index in [1.54, 1.807) is 12.1 Å². The number of methoxy groups -OCH3 is 1. The lowest BCUT2D eigenvalue weighted by Gasteiger charge is -2.34. The van der Waals surface area contributed by atoms with Crippen molar-refractivity contribution in [2.75, 3.05) is 35.8 Å². The Bertz CT molecular complexity index is 544. The Hall–Kier alpha value is -1.50. The SMILES string of the molecule is COc1ccc(N)c(N2CCS(=O)(=O)CC2C)n1. The summed E-state index contributed by atoms with van der Waals surface area (Å²) in [5.74, 6) is 1.33. The van der Waals surface area contributed by atoms with Crippen molar-refractivity contribution >= 4 is 21.3 Å². The number of nitrogens with zero attached hydrogens (tertiary/aromatic N) is 2. The maximum atomic E-state index is 11.5. The summed E-state index contributed by atoms with van der Waals surface area (Å²) >= 11 is 0. The number of hydrogen-bond donors (Lipinski definition) is 1. The molecule has 1 atom stereocenters. The van der Waals surface area contributed by atoms with E-state index in [9.17, 15) is 8.42 Å². The van der Waals surface area contributed by atoms with Crippen molar-refractivity contribution in [3.05, 3.63) is 12.1 Å². The van der Waals surface area contributed by atoms with E-state index in [0.717, 1.165) is 0 Å². The Labute approximate surface area is 107 Å². The third-order valence-corrected chi connectivity index (χ3v) is 4.83. The van der Waals surface area contributed by atoms with Crippen LogP contribution < -0.4 is 15.4 Å². The average molecular weight is 271 g/mol. The zero-order valence-corrected chi connectivity index (χ0v) is 11.3. The van der Waals surface area contributed by atoms with Crippen LogP contribution in [-0.4, -0.2) is 44.6 Å². The highest BCUT2D eigenvalue weighted by Gasteiger charge is 2.30. The van der Waals surface area contributed by atoms with Crippen molar-refractivity contribution in [1.82, 2.24) is 4.98 Å². The molecule has 1 saturated heterocycles. The van der Waals surface area contributed by atoms with Crippen LogP contribution in [0.2, 0.25) is 0 Å². The molecule has 0 aliphatic carbocycles. The predicted molar refractivity (Wildman–Crippen MR) is 70.7 cm³/mol. The second-order valence-corrected chi connectivity index (χ2v) is 6.65. The fraction of sp³-hybridized carbons (Fsp3) is 0.545. The molecule has 1 aromatic rings. The van der Waals surface area contributed by atoms with Gasteiger partial charge < -0.3 is 15.4 Å². The first kappa shape index (κ1) is 12.9. The summed E-state index contributed by atoms with van der Waals surface area (Å²) in [5, 5.41) is 0. The molecule has 2 heterocycles. The Morgan fingerprint density at radius 1 is 1.50 bits per heavy atom. The minimum absolute atomic E-state index is 0.130. The van der Waals surface area contributed by atoms with Crippen LogP contribution in [0, 0.1) is 0 Å². The number of aromatic nitrogens is 1. The molecule has 2 N–H and O–H groups in total. The minimum atomic E-state index is -2.94. The summed E-state index contributed by atoms with van der Waals surface area (Å²) in [6.45, 7) is 2.27. The summed E-state index contributed by atoms with van der Waals surface area (Å²) in [6.07, 6.45) is 0. The van der Waals surface area contributed by atoms with Gasteiger partial charge in [-0.25, -0.2) is 8.42 Å². The molecule has 18 heavy (non-hydrogen) atoms. The number of pyridine rings is 1. The van der Waals surface area contributed by atoms with Gasteiger partial charge in [-0.1, -0.05) is 0 Å². The largest absolute Gasteiger partial charge is 0.481 e. The lowest BCUT2D eigenvalue weighted by molar-refractivity contribution is 0.397. The summed E-state index contributed by atoms with van der Waals surface area (Å²) in [6, 6.07) is 3.27. The van der Waals surface area contributed by atoms with Crippen LogP contribution in [0.1, 0.15) is 6.92 Å². The minimum Gasteiger partial charge on any atom is -0.481 e. The topological polar surface area (TPSA) is 85.5 Å². The predicted octanol–water partition coefficient (Wildman–Crippen LogP) is 0.296. The number of hydrogen-bond acceptors (Lipinski definition) is 6. The molecule has 0 amide bonds. The molecule has 0 bridgehead atoms. The zero-order chi connectivity index (χ0) is 13.3. The fourth-order valence-electron chi connectivity index (χ4n) is 2.10. The van der Waals surface area contributed by atoms with Crippen LogP contribution in [0.3, 0.4) is 0 Å². The molecule has 0 aromatic carbocycles.